The maximum Gasteiger partial charge on any atom is 0.0547 e. The molecule has 22 heavy (non-hydrogen) atoms. The number of nitrogens with two attached hydrogens (primary N) is 1. The van der Waals surface area contributed by atoms with E-state index in [9.17, 15) is 0 Å². The quantitative estimate of drug-likeness (QED) is 0.755. The molecule has 0 fully saturated rings. The Hall–Kier alpha value is -0.860. The molecule has 0 heterocycles. The number of benzene rings is 1. The molecule has 0 radical (unpaired) electrons. The van der Waals surface area contributed by atoms with Crippen LogP contribution in [0.15, 0.2) is 24.3 Å². The van der Waals surface area contributed by atoms with E-state index in [-0.39, 0.29) is 0 Å². The third-order valence-corrected chi connectivity index (χ3v) is 3.71. The van der Waals surface area contributed by atoms with Crippen LogP contribution in [0.3, 0.4) is 0 Å². The van der Waals surface area contributed by atoms with Crippen molar-refractivity contribution in [2.24, 2.45) is 11.7 Å². The molecule has 0 spiro atoms. The van der Waals surface area contributed by atoms with Crippen molar-refractivity contribution in [3.63, 3.8) is 0 Å². The molecule has 1 rings (SSSR count). The minimum atomic E-state index is 0.380. The summed E-state index contributed by atoms with van der Waals surface area (Å²) in [7, 11) is 0. The third kappa shape index (κ3) is 9.97. The van der Waals surface area contributed by atoms with E-state index in [0.717, 1.165) is 19.4 Å². The molecule has 1 aromatic rings. The summed E-state index contributed by atoms with van der Waals surface area (Å²) in [5.74, 6) is 1.20. The van der Waals surface area contributed by atoms with E-state index in [1.807, 2.05) is 0 Å². The Labute approximate surface area is 138 Å². The lowest BCUT2D eigenvalue weighted by molar-refractivity contribution is 0.0172. The lowest BCUT2D eigenvalue weighted by atomic mass is 9.97. The summed E-state index contributed by atoms with van der Waals surface area (Å²) in [6, 6.07) is 8.90. The molecule has 1 aromatic carbocycles. The Morgan fingerprint density at radius 3 is 1.82 bits per heavy atom. The molecule has 0 bridgehead atoms. The van der Waals surface area contributed by atoms with E-state index in [2.05, 4.69) is 72.7 Å². The van der Waals surface area contributed by atoms with Crippen molar-refractivity contribution in [2.75, 3.05) is 6.54 Å². The fourth-order valence-corrected chi connectivity index (χ4v) is 2.09. The van der Waals surface area contributed by atoms with Gasteiger partial charge in [0.25, 0.3) is 0 Å². The van der Waals surface area contributed by atoms with Crippen molar-refractivity contribution in [1.29, 1.82) is 0 Å². The van der Waals surface area contributed by atoms with Crippen LogP contribution >= 0.6 is 0 Å². The van der Waals surface area contributed by atoms with Crippen LogP contribution in [-0.2, 0) is 11.2 Å². The van der Waals surface area contributed by atoms with Crippen LogP contribution < -0.4 is 5.73 Å². The zero-order chi connectivity index (χ0) is 17.1. The summed E-state index contributed by atoms with van der Waals surface area (Å²) >= 11 is 0. The Balaban J connectivity index is 0.000000472. The van der Waals surface area contributed by atoms with E-state index >= 15 is 0 Å². The summed E-state index contributed by atoms with van der Waals surface area (Å²) in [6.07, 6.45) is 3.01. The van der Waals surface area contributed by atoms with Gasteiger partial charge in [0.2, 0.25) is 0 Å². The Bertz CT molecular complexity index is 370. The largest absolute Gasteiger partial charge is 0.376 e. The normalized spacial score (nSPS) is 13.7. The van der Waals surface area contributed by atoms with Gasteiger partial charge < -0.3 is 10.5 Å². The van der Waals surface area contributed by atoms with Crippen molar-refractivity contribution in [2.45, 2.75) is 79.4 Å². The summed E-state index contributed by atoms with van der Waals surface area (Å²) < 4.78 is 5.40. The van der Waals surface area contributed by atoms with Crippen LogP contribution in [0, 0.1) is 5.92 Å². The minimum absolute atomic E-state index is 0.380. The molecule has 2 unspecified atom stereocenters. The number of hydrogen-bond acceptors (Lipinski definition) is 2. The predicted octanol–water partition coefficient (Wildman–Crippen LogP) is 5.16. The van der Waals surface area contributed by atoms with Crippen molar-refractivity contribution >= 4 is 0 Å². The highest BCUT2D eigenvalue weighted by molar-refractivity contribution is 5.24. The molecule has 2 heteroatoms. The van der Waals surface area contributed by atoms with Gasteiger partial charge >= 0.3 is 0 Å². The number of rotatable bonds is 7. The van der Waals surface area contributed by atoms with Crippen LogP contribution in [-0.4, -0.2) is 18.8 Å². The van der Waals surface area contributed by atoms with Gasteiger partial charge in [-0.3, -0.25) is 0 Å². The van der Waals surface area contributed by atoms with Gasteiger partial charge in [-0.25, -0.2) is 0 Å². The van der Waals surface area contributed by atoms with E-state index in [0.29, 0.717) is 24.0 Å². The highest BCUT2D eigenvalue weighted by atomic mass is 16.5. The minimum Gasteiger partial charge on any atom is -0.376 e. The fourth-order valence-electron chi connectivity index (χ4n) is 2.09. The zero-order valence-corrected chi connectivity index (χ0v) is 15.7. The fraction of sp³-hybridized carbons (Fsp3) is 0.700. The molecular formula is C20H37NO. The first-order valence-electron chi connectivity index (χ1n) is 8.74. The summed E-state index contributed by atoms with van der Waals surface area (Å²) in [5, 5.41) is 0. The van der Waals surface area contributed by atoms with Gasteiger partial charge in [0.15, 0.2) is 0 Å². The first-order chi connectivity index (χ1) is 10.3. The topological polar surface area (TPSA) is 35.2 Å². The Morgan fingerprint density at radius 2 is 1.50 bits per heavy atom. The second-order valence-electron chi connectivity index (χ2n) is 6.84. The summed E-state index contributed by atoms with van der Waals surface area (Å²) in [4.78, 5) is 0. The molecule has 0 saturated carbocycles. The molecular weight excluding hydrogens is 270 g/mol. The SMILES string of the molecule is CC(CN)Cc1ccc(C(C)C)cc1.CCC(C)OC(C)C. The van der Waals surface area contributed by atoms with E-state index in [1.54, 1.807) is 0 Å². The molecule has 0 amide bonds. The summed E-state index contributed by atoms with van der Waals surface area (Å²) in [5.41, 5.74) is 8.40. The molecule has 0 saturated heterocycles. The van der Waals surface area contributed by atoms with E-state index < -0.39 is 0 Å². The van der Waals surface area contributed by atoms with Gasteiger partial charge in [-0.2, -0.15) is 0 Å². The molecule has 2 atom stereocenters. The first-order valence-corrected chi connectivity index (χ1v) is 8.74. The van der Waals surface area contributed by atoms with Crippen LogP contribution in [0.1, 0.15) is 71.9 Å². The second kappa shape index (κ2) is 11.7. The highest BCUT2D eigenvalue weighted by Gasteiger charge is 2.02. The van der Waals surface area contributed by atoms with Crippen molar-refractivity contribution in [3.05, 3.63) is 35.4 Å². The number of ether oxygens (including phenoxy) is 1. The van der Waals surface area contributed by atoms with E-state index in [4.69, 9.17) is 10.5 Å². The monoisotopic (exact) mass is 307 g/mol. The van der Waals surface area contributed by atoms with Gasteiger partial charge in [-0.15, -0.1) is 0 Å². The maximum atomic E-state index is 5.60. The van der Waals surface area contributed by atoms with Crippen LogP contribution in [0.5, 0.6) is 0 Å². The maximum absolute atomic E-state index is 5.60. The van der Waals surface area contributed by atoms with Gasteiger partial charge in [-0.1, -0.05) is 52.0 Å². The third-order valence-electron chi connectivity index (χ3n) is 3.71. The van der Waals surface area contributed by atoms with Gasteiger partial charge in [0.1, 0.15) is 0 Å². The van der Waals surface area contributed by atoms with Gasteiger partial charge in [-0.05, 0) is 63.1 Å². The molecule has 128 valence electrons. The molecule has 0 aliphatic heterocycles. The van der Waals surface area contributed by atoms with Crippen molar-refractivity contribution in [3.8, 4) is 0 Å². The smallest absolute Gasteiger partial charge is 0.0547 e. The zero-order valence-electron chi connectivity index (χ0n) is 15.7. The first kappa shape index (κ1) is 21.1. The van der Waals surface area contributed by atoms with Crippen LogP contribution in [0.4, 0.5) is 0 Å². The average Bonchev–Trinajstić information content (AvgIpc) is 2.47. The summed E-state index contributed by atoms with van der Waals surface area (Å²) in [6.45, 7) is 15.8. The van der Waals surface area contributed by atoms with Gasteiger partial charge in [0.05, 0.1) is 12.2 Å². The molecule has 0 aliphatic rings. The predicted molar refractivity (Wildman–Crippen MR) is 98.4 cm³/mol. The molecule has 0 aromatic heterocycles. The highest BCUT2D eigenvalue weighted by Crippen LogP contribution is 2.16. The van der Waals surface area contributed by atoms with E-state index in [1.165, 1.54) is 11.1 Å². The van der Waals surface area contributed by atoms with Crippen molar-refractivity contribution in [1.82, 2.24) is 0 Å². The molecule has 0 aliphatic carbocycles. The van der Waals surface area contributed by atoms with Crippen LogP contribution in [0.2, 0.25) is 0 Å². The van der Waals surface area contributed by atoms with Crippen molar-refractivity contribution < 1.29 is 4.74 Å². The molecule has 2 N–H and O–H groups in total. The lowest BCUT2D eigenvalue weighted by Crippen LogP contribution is -2.13. The van der Waals surface area contributed by atoms with Gasteiger partial charge in [0, 0.05) is 0 Å². The Kier molecular flexibility index (Phi) is 11.2. The number of hydrogen-bond donors (Lipinski definition) is 1. The average molecular weight is 308 g/mol. The standard InChI is InChI=1S/C13H21N.C7H16O/c1-10(2)13-6-4-12(5-7-13)8-11(3)9-14;1-5-7(4)8-6(2)3/h4-7,10-11H,8-9,14H2,1-3H3;6-7H,5H2,1-4H3. The molecule has 2 nitrogen and oxygen atoms in total. The van der Waals surface area contributed by atoms with Crippen LogP contribution in [0.25, 0.3) is 0 Å². The Morgan fingerprint density at radius 1 is 0.955 bits per heavy atom. The lowest BCUT2D eigenvalue weighted by Gasteiger charge is -2.12. The second-order valence-corrected chi connectivity index (χ2v) is 6.84.